The second-order valence-corrected chi connectivity index (χ2v) is 5.47. The Morgan fingerprint density at radius 3 is 3.11 bits per heavy atom. The van der Waals surface area contributed by atoms with Crippen molar-refractivity contribution in [2.45, 2.75) is 25.2 Å². The van der Waals surface area contributed by atoms with Gasteiger partial charge in [-0.1, -0.05) is 12.5 Å². The van der Waals surface area contributed by atoms with Crippen LogP contribution in [0.25, 0.3) is 10.9 Å². The van der Waals surface area contributed by atoms with E-state index >= 15 is 0 Å². The summed E-state index contributed by atoms with van der Waals surface area (Å²) in [6, 6.07) is 8.80. The van der Waals surface area contributed by atoms with Gasteiger partial charge in [0.15, 0.2) is 0 Å². The topological polar surface area (TPSA) is 51.6 Å². The maximum Gasteiger partial charge on any atom is 0.101 e. The quantitative estimate of drug-likeness (QED) is 0.883. The molecule has 3 rings (SSSR count). The standard InChI is InChI=1S/C16H19N3/c1-18-9-12-3-2-4-14(12)11-5-6-16-15(7-11)13(8-17)10-19-16/h5-7,10,12,14,18-19H,2-4,9H2,1H3/t12-,14+/m1/s1. The lowest BCUT2D eigenvalue weighted by Gasteiger charge is -2.19. The summed E-state index contributed by atoms with van der Waals surface area (Å²) in [6.45, 7) is 1.08. The van der Waals surface area contributed by atoms with Gasteiger partial charge in [-0.2, -0.15) is 5.26 Å². The van der Waals surface area contributed by atoms with Crippen LogP contribution in [0.4, 0.5) is 0 Å². The first-order valence-corrected chi connectivity index (χ1v) is 6.99. The number of H-pyrrole nitrogens is 1. The van der Waals surface area contributed by atoms with Gasteiger partial charge in [-0.3, -0.25) is 0 Å². The third kappa shape index (κ3) is 2.13. The van der Waals surface area contributed by atoms with Crippen LogP contribution < -0.4 is 5.32 Å². The van der Waals surface area contributed by atoms with Crippen molar-refractivity contribution in [2.24, 2.45) is 5.92 Å². The van der Waals surface area contributed by atoms with E-state index in [1.807, 2.05) is 7.05 Å². The highest BCUT2D eigenvalue weighted by Gasteiger charge is 2.28. The average Bonchev–Trinajstić information content (AvgIpc) is 3.04. The Kier molecular flexibility index (Phi) is 3.27. The lowest BCUT2D eigenvalue weighted by atomic mass is 9.88. The van der Waals surface area contributed by atoms with Crippen LogP contribution in [0.5, 0.6) is 0 Å². The van der Waals surface area contributed by atoms with E-state index in [1.165, 1.54) is 24.8 Å². The maximum atomic E-state index is 9.14. The van der Waals surface area contributed by atoms with E-state index in [2.05, 4.69) is 34.6 Å². The zero-order valence-corrected chi connectivity index (χ0v) is 11.2. The van der Waals surface area contributed by atoms with Gasteiger partial charge >= 0.3 is 0 Å². The molecule has 0 aliphatic heterocycles. The summed E-state index contributed by atoms with van der Waals surface area (Å²) in [5, 5.41) is 13.5. The number of hydrogen-bond acceptors (Lipinski definition) is 2. The molecule has 3 nitrogen and oxygen atoms in total. The predicted molar refractivity (Wildman–Crippen MR) is 77.0 cm³/mol. The van der Waals surface area contributed by atoms with Gasteiger partial charge in [-0.05, 0) is 56.0 Å². The van der Waals surface area contributed by atoms with E-state index in [-0.39, 0.29) is 0 Å². The van der Waals surface area contributed by atoms with Gasteiger partial charge in [0.05, 0.1) is 5.56 Å². The Hall–Kier alpha value is -1.79. The summed E-state index contributed by atoms with van der Waals surface area (Å²) < 4.78 is 0. The minimum Gasteiger partial charge on any atom is -0.360 e. The van der Waals surface area contributed by atoms with Gasteiger partial charge in [-0.15, -0.1) is 0 Å². The summed E-state index contributed by atoms with van der Waals surface area (Å²) in [7, 11) is 2.03. The lowest BCUT2D eigenvalue weighted by Crippen LogP contribution is -2.20. The molecule has 2 atom stereocenters. The Labute approximate surface area is 113 Å². The van der Waals surface area contributed by atoms with Crippen molar-refractivity contribution in [3.05, 3.63) is 35.5 Å². The van der Waals surface area contributed by atoms with E-state index in [4.69, 9.17) is 5.26 Å². The SMILES string of the molecule is CNC[C@H]1CCC[C@H]1c1ccc2[nH]cc(C#N)c2c1. The van der Waals surface area contributed by atoms with Crippen molar-refractivity contribution in [3.8, 4) is 6.07 Å². The van der Waals surface area contributed by atoms with E-state index in [9.17, 15) is 0 Å². The van der Waals surface area contributed by atoms with Crippen molar-refractivity contribution < 1.29 is 0 Å². The Morgan fingerprint density at radius 1 is 1.42 bits per heavy atom. The Morgan fingerprint density at radius 2 is 2.32 bits per heavy atom. The molecule has 1 aromatic heterocycles. The van der Waals surface area contributed by atoms with Crippen LogP contribution >= 0.6 is 0 Å². The molecule has 2 N–H and O–H groups in total. The first-order valence-electron chi connectivity index (χ1n) is 6.99. The summed E-state index contributed by atoms with van der Waals surface area (Å²) in [5.74, 6) is 1.37. The second kappa shape index (κ2) is 5.07. The van der Waals surface area contributed by atoms with Crippen molar-refractivity contribution >= 4 is 10.9 Å². The number of fused-ring (bicyclic) bond motifs is 1. The monoisotopic (exact) mass is 253 g/mol. The molecule has 0 bridgehead atoms. The molecule has 2 aromatic rings. The molecule has 1 saturated carbocycles. The van der Waals surface area contributed by atoms with Gasteiger partial charge in [0.2, 0.25) is 0 Å². The van der Waals surface area contributed by atoms with Crippen LogP contribution in [0.15, 0.2) is 24.4 Å². The first-order chi connectivity index (χ1) is 9.33. The zero-order valence-electron chi connectivity index (χ0n) is 11.2. The maximum absolute atomic E-state index is 9.14. The number of nitrogens with zero attached hydrogens (tertiary/aromatic N) is 1. The highest BCUT2D eigenvalue weighted by atomic mass is 14.8. The lowest BCUT2D eigenvalue weighted by molar-refractivity contribution is 0.463. The van der Waals surface area contributed by atoms with Crippen LogP contribution in [-0.4, -0.2) is 18.6 Å². The first kappa shape index (κ1) is 12.3. The molecular formula is C16H19N3. The number of nitrogens with one attached hydrogen (secondary N) is 2. The summed E-state index contributed by atoms with van der Waals surface area (Å²) in [4.78, 5) is 3.16. The van der Waals surface area contributed by atoms with Crippen molar-refractivity contribution in [1.29, 1.82) is 5.26 Å². The summed E-state index contributed by atoms with van der Waals surface area (Å²) >= 11 is 0. The highest BCUT2D eigenvalue weighted by molar-refractivity contribution is 5.86. The number of benzene rings is 1. The molecule has 1 aliphatic carbocycles. The smallest absolute Gasteiger partial charge is 0.101 e. The minimum absolute atomic E-state index is 0.637. The number of hydrogen-bond donors (Lipinski definition) is 2. The molecule has 1 aromatic carbocycles. The van der Waals surface area contributed by atoms with E-state index in [0.717, 1.165) is 28.9 Å². The molecule has 3 heteroatoms. The van der Waals surface area contributed by atoms with Crippen molar-refractivity contribution in [3.63, 3.8) is 0 Å². The zero-order chi connectivity index (χ0) is 13.2. The number of aromatic nitrogens is 1. The van der Waals surface area contributed by atoms with Crippen molar-refractivity contribution in [2.75, 3.05) is 13.6 Å². The molecule has 1 aliphatic rings. The van der Waals surface area contributed by atoms with Crippen LogP contribution in [0.1, 0.15) is 36.3 Å². The Balaban J connectivity index is 1.98. The fourth-order valence-electron chi connectivity index (χ4n) is 3.44. The number of nitriles is 1. The van der Waals surface area contributed by atoms with E-state index in [0.29, 0.717) is 5.92 Å². The Bertz CT molecular complexity index is 620. The number of aromatic amines is 1. The predicted octanol–water partition coefficient (Wildman–Crippen LogP) is 3.14. The summed E-state index contributed by atoms with van der Waals surface area (Å²) in [6.07, 6.45) is 5.69. The molecule has 98 valence electrons. The molecule has 1 fully saturated rings. The minimum atomic E-state index is 0.637. The molecular weight excluding hydrogens is 234 g/mol. The normalized spacial score (nSPS) is 22.7. The van der Waals surface area contributed by atoms with E-state index < -0.39 is 0 Å². The molecule has 19 heavy (non-hydrogen) atoms. The van der Waals surface area contributed by atoms with Gasteiger partial charge in [0, 0.05) is 17.1 Å². The molecule has 0 radical (unpaired) electrons. The molecule has 1 heterocycles. The molecule has 0 spiro atoms. The van der Waals surface area contributed by atoms with Crippen LogP contribution in [0.2, 0.25) is 0 Å². The fraction of sp³-hybridized carbons (Fsp3) is 0.438. The fourth-order valence-corrected chi connectivity index (χ4v) is 3.44. The van der Waals surface area contributed by atoms with Gasteiger partial charge in [0.25, 0.3) is 0 Å². The third-order valence-corrected chi connectivity index (χ3v) is 4.38. The van der Waals surface area contributed by atoms with Gasteiger partial charge in [0.1, 0.15) is 6.07 Å². The van der Waals surface area contributed by atoms with Crippen molar-refractivity contribution in [1.82, 2.24) is 10.3 Å². The van der Waals surface area contributed by atoms with E-state index in [1.54, 1.807) is 6.20 Å². The highest BCUT2D eigenvalue weighted by Crippen LogP contribution is 2.40. The summed E-state index contributed by atoms with van der Waals surface area (Å²) in [5.41, 5.74) is 3.20. The number of rotatable bonds is 3. The third-order valence-electron chi connectivity index (χ3n) is 4.38. The molecule has 0 saturated heterocycles. The van der Waals surface area contributed by atoms with Gasteiger partial charge < -0.3 is 10.3 Å². The largest absolute Gasteiger partial charge is 0.360 e. The van der Waals surface area contributed by atoms with Gasteiger partial charge in [-0.25, -0.2) is 0 Å². The molecule has 0 unspecified atom stereocenters. The van der Waals surface area contributed by atoms with Crippen LogP contribution in [0.3, 0.4) is 0 Å². The van der Waals surface area contributed by atoms with Crippen LogP contribution in [0, 0.1) is 17.2 Å². The average molecular weight is 253 g/mol. The second-order valence-electron chi connectivity index (χ2n) is 5.47. The molecule has 0 amide bonds. The van der Waals surface area contributed by atoms with Crippen LogP contribution in [-0.2, 0) is 0 Å².